The van der Waals surface area contributed by atoms with Crippen LogP contribution < -0.4 is 4.74 Å². The molecule has 0 saturated carbocycles. The van der Waals surface area contributed by atoms with Crippen LogP contribution in [0.4, 0.5) is 4.39 Å². The lowest BCUT2D eigenvalue weighted by Crippen LogP contribution is -2.39. The number of piperidine rings is 1. The number of hydrogen-bond donors (Lipinski definition) is 2. The molecule has 0 aliphatic carbocycles. The Morgan fingerprint density at radius 2 is 2.31 bits per heavy atom. The van der Waals surface area contributed by atoms with Gasteiger partial charge >= 0.3 is 5.97 Å². The Labute approximate surface area is 151 Å². The molecule has 2 N–H and O–H groups in total. The number of benzene rings is 1. The number of aromatic nitrogens is 1. The number of carbonyl (C=O) groups is 1. The molecular weight excluding hydrogens is 339 g/mol. The number of fused-ring (bicyclic) bond motifs is 1. The first-order chi connectivity index (χ1) is 12.5. The lowest BCUT2D eigenvalue weighted by molar-refractivity contribution is -0.143. The molecule has 140 valence electrons. The maximum Gasteiger partial charge on any atom is 0.307 e. The molecule has 1 aliphatic rings. The highest BCUT2D eigenvalue weighted by Crippen LogP contribution is 2.31. The molecule has 7 heteroatoms. The van der Waals surface area contributed by atoms with E-state index in [1.807, 2.05) is 4.90 Å². The number of rotatable bonds is 6. The molecular formula is C19H23FN2O4. The number of halogens is 1. The number of aliphatic hydroxyl groups excluding tert-OH is 1. The maximum absolute atomic E-state index is 14.4. The fraction of sp³-hybridized carbons (Fsp3) is 0.474. The van der Waals surface area contributed by atoms with Crippen LogP contribution in [0.2, 0.25) is 0 Å². The average molecular weight is 362 g/mol. The number of pyridine rings is 1. The van der Waals surface area contributed by atoms with Crippen molar-refractivity contribution in [3.63, 3.8) is 0 Å². The Morgan fingerprint density at radius 1 is 1.50 bits per heavy atom. The van der Waals surface area contributed by atoms with Crippen LogP contribution in [-0.4, -0.2) is 52.8 Å². The minimum atomic E-state index is -1.00. The smallest absolute Gasteiger partial charge is 0.307 e. The highest BCUT2D eigenvalue weighted by atomic mass is 19.1. The maximum atomic E-state index is 14.4. The largest absolute Gasteiger partial charge is 0.497 e. The van der Waals surface area contributed by atoms with Gasteiger partial charge in [0.2, 0.25) is 0 Å². The predicted molar refractivity (Wildman–Crippen MR) is 94.6 cm³/mol. The lowest BCUT2D eigenvalue weighted by atomic mass is 9.97. The summed E-state index contributed by atoms with van der Waals surface area (Å²) >= 11 is 0. The third-order valence-electron chi connectivity index (χ3n) is 4.97. The van der Waals surface area contributed by atoms with Crippen molar-refractivity contribution in [1.29, 1.82) is 0 Å². The van der Waals surface area contributed by atoms with Gasteiger partial charge in [0.15, 0.2) is 0 Å². The molecule has 6 nitrogen and oxygen atoms in total. The summed E-state index contributed by atoms with van der Waals surface area (Å²) in [5.41, 5.74) is 0.797. The number of ether oxygens (including phenoxy) is 1. The van der Waals surface area contributed by atoms with E-state index in [2.05, 4.69) is 4.98 Å². The summed E-state index contributed by atoms with van der Waals surface area (Å²) in [5, 5.41) is 20.3. The zero-order chi connectivity index (χ0) is 18.7. The van der Waals surface area contributed by atoms with E-state index in [0.29, 0.717) is 42.6 Å². The molecule has 1 unspecified atom stereocenters. The van der Waals surface area contributed by atoms with E-state index in [4.69, 9.17) is 4.74 Å². The van der Waals surface area contributed by atoms with E-state index in [1.54, 1.807) is 18.2 Å². The molecule has 1 saturated heterocycles. The SMILES string of the molecule is COc1ccc2ncc(F)c([C@@H](O)CCN3CCCC(C(=O)O)C3)c2c1. The quantitative estimate of drug-likeness (QED) is 0.822. The Bertz CT molecular complexity index is 798. The fourth-order valence-corrected chi connectivity index (χ4v) is 3.54. The molecule has 2 aromatic rings. The van der Waals surface area contributed by atoms with Crippen molar-refractivity contribution in [1.82, 2.24) is 9.88 Å². The van der Waals surface area contributed by atoms with Gasteiger partial charge in [-0.25, -0.2) is 4.39 Å². The normalized spacial score (nSPS) is 19.4. The third-order valence-corrected chi connectivity index (χ3v) is 4.97. The summed E-state index contributed by atoms with van der Waals surface area (Å²) in [6, 6.07) is 5.14. The number of carboxylic acid groups (broad SMARTS) is 1. The van der Waals surface area contributed by atoms with Gasteiger partial charge in [-0.3, -0.25) is 9.78 Å². The molecule has 2 heterocycles. The summed E-state index contributed by atoms with van der Waals surface area (Å²) in [6.45, 7) is 1.78. The summed E-state index contributed by atoms with van der Waals surface area (Å²) in [5.74, 6) is -1.14. The number of aliphatic carboxylic acids is 1. The van der Waals surface area contributed by atoms with Crippen LogP contribution in [0, 0.1) is 11.7 Å². The first kappa shape index (κ1) is 18.5. The van der Waals surface area contributed by atoms with E-state index in [1.165, 1.54) is 7.11 Å². The Morgan fingerprint density at radius 3 is 3.04 bits per heavy atom. The number of likely N-dealkylation sites (tertiary alicyclic amines) is 1. The first-order valence-electron chi connectivity index (χ1n) is 8.75. The van der Waals surface area contributed by atoms with Gasteiger partial charge in [0.25, 0.3) is 0 Å². The van der Waals surface area contributed by atoms with Crippen LogP contribution in [0.3, 0.4) is 0 Å². The summed E-state index contributed by atoms with van der Waals surface area (Å²) in [7, 11) is 1.53. The van der Waals surface area contributed by atoms with Crippen molar-refractivity contribution in [2.75, 3.05) is 26.7 Å². The zero-order valence-corrected chi connectivity index (χ0v) is 14.7. The molecule has 0 spiro atoms. The minimum absolute atomic E-state index is 0.209. The predicted octanol–water partition coefficient (Wildman–Crippen LogP) is 2.60. The van der Waals surface area contributed by atoms with Crippen molar-refractivity contribution >= 4 is 16.9 Å². The number of carboxylic acids is 1. The molecule has 0 bridgehead atoms. The number of nitrogens with zero attached hydrogens (tertiary/aromatic N) is 2. The molecule has 26 heavy (non-hydrogen) atoms. The van der Waals surface area contributed by atoms with Crippen LogP contribution in [-0.2, 0) is 4.79 Å². The summed E-state index contributed by atoms with van der Waals surface area (Å²) < 4.78 is 19.6. The zero-order valence-electron chi connectivity index (χ0n) is 14.7. The second kappa shape index (κ2) is 7.97. The van der Waals surface area contributed by atoms with Crippen molar-refractivity contribution in [3.8, 4) is 5.75 Å². The monoisotopic (exact) mass is 362 g/mol. The van der Waals surface area contributed by atoms with E-state index in [-0.39, 0.29) is 11.5 Å². The first-order valence-corrected chi connectivity index (χ1v) is 8.75. The molecule has 1 aliphatic heterocycles. The third kappa shape index (κ3) is 3.94. The highest BCUT2D eigenvalue weighted by molar-refractivity contribution is 5.84. The van der Waals surface area contributed by atoms with Gasteiger partial charge in [0.1, 0.15) is 11.6 Å². The number of methoxy groups -OCH3 is 1. The number of hydrogen-bond acceptors (Lipinski definition) is 5. The van der Waals surface area contributed by atoms with Gasteiger partial charge in [0.05, 0.1) is 30.8 Å². The van der Waals surface area contributed by atoms with Gasteiger partial charge in [-0.1, -0.05) is 0 Å². The Balaban J connectivity index is 1.76. The Hall–Kier alpha value is -2.25. The molecule has 1 aromatic carbocycles. The lowest BCUT2D eigenvalue weighted by Gasteiger charge is -2.31. The fourth-order valence-electron chi connectivity index (χ4n) is 3.54. The molecule has 1 fully saturated rings. The van der Waals surface area contributed by atoms with E-state index >= 15 is 0 Å². The second-order valence-corrected chi connectivity index (χ2v) is 6.69. The summed E-state index contributed by atoms with van der Waals surface area (Å²) in [4.78, 5) is 17.2. The summed E-state index contributed by atoms with van der Waals surface area (Å²) in [6.07, 6.45) is 1.93. The highest BCUT2D eigenvalue weighted by Gasteiger charge is 2.26. The van der Waals surface area contributed by atoms with Crippen molar-refractivity contribution in [2.24, 2.45) is 5.92 Å². The second-order valence-electron chi connectivity index (χ2n) is 6.69. The molecule has 0 radical (unpaired) electrons. The van der Waals surface area contributed by atoms with Crippen molar-refractivity contribution in [2.45, 2.75) is 25.4 Å². The molecule has 2 atom stereocenters. The Kier molecular flexibility index (Phi) is 5.68. The van der Waals surface area contributed by atoms with Crippen LogP contribution in [0.1, 0.15) is 30.9 Å². The molecule has 3 rings (SSSR count). The van der Waals surface area contributed by atoms with Crippen LogP contribution >= 0.6 is 0 Å². The van der Waals surface area contributed by atoms with Gasteiger partial charge < -0.3 is 19.8 Å². The standard InChI is InChI=1S/C19H23FN2O4/c1-26-13-4-5-16-14(9-13)18(15(20)10-21-16)17(23)6-8-22-7-2-3-12(11-22)19(24)25/h4-5,9-10,12,17,23H,2-3,6-8,11H2,1H3,(H,24,25)/t12?,17-/m0/s1. The van der Waals surface area contributed by atoms with Gasteiger partial charge in [-0.2, -0.15) is 0 Å². The van der Waals surface area contributed by atoms with E-state index in [9.17, 15) is 19.4 Å². The van der Waals surface area contributed by atoms with Crippen LogP contribution in [0.25, 0.3) is 10.9 Å². The van der Waals surface area contributed by atoms with Crippen LogP contribution in [0.5, 0.6) is 5.75 Å². The molecule has 1 aromatic heterocycles. The van der Waals surface area contributed by atoms with Crippen LogP contribution in [0.15, 0.2) is 24.4 Å². The topological polar surface area (TPSA) is 82.9 Å². The molecule has 0 amide bonds. The average Bonchev–Trinajstić information content (AvgIpc) is 2.65. The van der Waals surface area contributed by atoms with Gasteiger partial charge in [0, 0.05) is 24.0 Å². The van der Waals surface area contributed by atoms with E-state index in [0.717, 1.165) is 19.2 Å². The van der Waals surface area contributed by atoms with E-state index < -0.39 is 17.9 Å². The van der Waals surface area contributed by atoms with Crippen molar-refractivity contribution in [3.05, 3.63) is 35.8 Å². The van der Waals surface area contributed by atoms with Gasteiger partial charge in [-0.05, 0) is 44.0 Å². The minimum Gasteiger partial charge on any atom is -0.497 e. The van der Waals surface area contributed by atoms with Crippen molar-refractivity contribution < 1.29 is 24.1 Å². The van der Waals surface area contributed by atoms with Gasteiger partial charge in [-0.15, -0.1) is 0 Å². The number of aliphatic hydroxyl groups is 1.